The van der Waals surface area contributed by atoms with Crippen LogP contribution in [0.25, 0.3) is 0 Å². The van der Waals surface area contributed by atoms with Crippen molar-refractivity contribution in [2.45, 2.75) is 48.0 Å². The van der Waals surface area contributed by atoms with Gasteiger partial charge in [-0.1, -0.05) is 32.9 Å². The van der Waals surface area contributed by atoms with Crippen LogP contribution >= 0.6 is 0 Å². The van der Waals surface area contributed by atoms with Gasteiger partial charge in [-0.3, -0.25) is 14.5 Å². The molecule has 142 valence electrons. The van der Waals surface area contributed by atoms with E-state index in [1.165, 1.54) is 4.90 Å². The smallest absolute Gasteiger partial charge is 0.324 e. The van der Waals surface area contributed by atoms with Crippen LogP contribution in [0.5, 0.6) is 0 Å². The molecule has 0 atom stereocenters. The van der Waals surface area contributed by atoms with Gasteiger partial charge in [0.15, 0.2) is 0 Å². The summed E-state index contributed by atoms with van der Waals surface area (Å²) in [4.78, 5) is 41.3. The first-order valence-electron chi connectivity index (χ1n) is 9.17. The Morgan fingerprint density at radius 1 is 1.19 bits per heavy atom. The van der Waals surface area contributed by atoms with E-state index in [0.29, 0.717) is 30.8 Å². The normalized spacial score (nSPS) is 13.4. The zero-order chi connectivity index (χ0) is 19.6. The van der Waals surface area contributed by atoms with Crippen molar-refractivity contribution in [3.8, 4) is 0 Å². The Bertz CT molecular complexity index is 735. The summed E-state index contributed by atoms with van der Waals surface area (Å²) in [6.45, 7) is 12.3. The minimum Gasteiger partial charge on any atom is -0.338 e. The van der Waals surface area contributed by atoms with Crippen molar-refractivity contribution in [2.75, 3.05) is 24.5 Å². The Morgan fingerprint density at radius 2 is 1.85 bits per heavy atom. The second kappa shape index (κ2) is 7.48. The summed E-state index contributed by atoms with van der Waals surface area (Å²) in [5.74, 6) is -0.377. The third-order valence-electron chi connectivity index (χ3n) is 4.58. The number of carbonyl (C=O) groups excluding carboxylic acids is 3. The maximum absolute atomic E-state index is 13.2. The molecule has 6 nitrogen and oxygen atoms in total. The number of anilines is 1. The van der Waals surface area contributed by atoms with Gasteiger partial charge in [0.25, 0.3) is 5.91 Å². The molecule has 0 fully saturated rings. The van der Waals surface area contributed by atoms with Crippen molar-refractivity contribution in [1.82, 2.24) is 10.2 Å². The summed E-state index contributed by atoms with van der Waals surface area (Å²) >= 11 is 0. The van der Waals surface area contributed by atoms with Crippen LogP contribution in [0, 0.1) is 12.3 Å². The van der Waals surface area contributed by atoms with Gasteiger partial charge < -0.3 is 10.2 Å². The Balaban J connectivity index is 2.54. The van der Waals surface area contributed by atoms with Gasteiger partial charge in [0, 0.05) is 25.0 Å². The average Bonchev–Trinajstić information content (AvgIpc) is 2.97. The second-order valence-corrected chi connectivity index (χ2v) is 7.61. The van der Waals surface area contributed by atoms with Crippen molar-refractivity contribution in [1.29, 1.82) is 0 Å². The highest BCUT2D eigenvalue weighted by Gasteiger charge is 2.37. The van der Waals surface area contributed by atoms with Crippen LogP contribution in [0.1, 0.15) is 56.1 Å². The van der Waals surface area contributed by atoms with Crippen LogP contribution in [-0.2, 0) is 11.2 Å². The van der Waals surface area contributed by atoms with Crippen molar-refractivity contribution in [3.05, 3.63) is 28.8 Å². The summed E-state index contributed by atoms with van der Waals surface area (Å²) in [6.07, 6.45) is 0.713. The van der Waals surface area contributed by atoms with Gasteiger partial charge in [-0.25, -0.2) is 4.79 Å². The molecule has 1 N–H and O–H groups in total. The number of nitrogens with one attached hydrogen (secondary N) is 1. The summed E-state index contributed by atoms with van der Waals surface area (Å²) < 4.78 is 0. The van der Waals surface area contributed by atoms with Crippen LogP contribution in [-0.4, -0.2) is 42.4 Å². The van der Waals surface area contributed by atoms with Crippen molar-refractivity contribution >= 4 is 23.5 Å². The Morgan fingerprint density at radius 3 is 2.38 bits per heavy atom. The molecule has 1 aromatic rings. The fourth-order valence-corrected chi connectivity index (χ4v) is 3.23. The summed E-state index contributed by atoms with van der Waals surface area (Å²) in [7, 11) is 0. The molecule has 0 radical (unpaired) electrons. The number of benzene rings is 1. The molecule has 1 heterocycles. The third-order valence-corrected chi connectivity index (χ3v) is 4.58. The average molecular weight is 359 g/mol. The van der Waals surface area contributed by atoms with Crippen LogP contribution in [0.4, 0.5) is 10.5 Å². The Labute approximate surface area is 155 Å². The maximum Gasteiger partial charge on any atom is 0.324 e. The predicted molar refractivity (Wildman–Crippen MR) is 102 cm³/mol. The predicted octanol–water partition coefficient (Wildman–Crippen LogP) is 3.12. The zero-order valence-corrected chi connectivity index (χ0v) is 16.6. The van der Waals surface area contributed by atoms with Crippen molar-refractivity contribution in [2.24, 2.45) is 5.41 Å². The molecule has 0 unspecified atom stereocenters. The molecule has 1 aliphatic heterocycles. The van der Waals surface area contributed by atoms with Crippen molar-refractivity contribution < 1.29 is 14.4 Å². The number of nitrogens with zero attached hydrogens (tertiary/aromatic N) is 2. The molecule has 0 spiro atoms. The lowest BCUT2D eigenvalue weighted by atomic mass is 9.94. The number of amides is 4. The van der Waals surface area contributed by atoms with Crippen LogP contribution in [0.15, 0.2) is 12.1 Å². The van der Waals surface area contributed by atoms with E-state index < -0.39 is 11.4 Å². The molecule has 2 rings (SSSR count). The molecule has 1 aromatic carbocycles. The number of urea groups is 1. The number of imide groups is 1. The van der Waals surface area contributed by atoms with E-state index in [0.717, 1.165) is 11.1 Å². The highest BCUT2D eigenvalue weighted by atomic mass is 16.2. The van der Waals surface area contributed by atoms with E-state index in [1.54, 1.807) is 11.8 Å². The molecule has 26 heavy (non-hydrogen) atoms. The number of fused-ring (bicyclic) bond motifs is 1. The number of hydrogen-bond acceptors (Lipinski definition) is 3. The lowest BCUT2D eigenvalue weighted by molar-refractivity contribution is -0.125. The molecule has 6 heteroatoms. The minimum atomic E-state index is -0.546. The van der Waals surface area contributed by atoms with Gasteiger partial charge in [0.2, 0.25) is 5.91 Å². The van der Waals surface area contributed by atoms with Crippen molar-refractivity contribution in [3.63, 3.8) is 0 Å². The standard InChI is InChI=1S/C20H29N3O3/c1-7-21-19(26)22(8-2)17(24)15-13(3)9-10-14-11-12-23(16(14)15)18(25)20(4,5)6/h9-10H,7-8,11-12H2,1-6H3,(H,21,26). The number of carbonyl (C=O) groups is 3. The van der Waals surface area contributed by atoms with Gasteiger partial charge in [-0.15, -0.1) is 0 Å². The molecule has 0 saturated heterocycles. The highest BCUT2D eigenvalue weighted by Crippen LogP contribution is 2.37. The first-order chi connectivity index (χ1) is 12.1. The van der Waals surface area contributed by atoms with E-state index >= 15 is 0 Å². The fourth-order valence-electron chi connectivity index (χ4n) is 3.23. The molecule has 0 saturated carbocycles. The number of aryl methyl sites for hydroxylation is 1. The topological polar surface area (TPSA) is 69.7 Å². The SMILES string of the molecule is CCNC(=O)N(CC)C(=O)c1c(C)ccc2c1N(C(=O)C(C)(C)C)CC2. The first-order valence-corrected chi connectivity index (χ1v) is 9.17. The quantitative estimate of drug-likeness (QED) is 0.901. The van der Waals surface area contributed by atoms with E-state index in [2.05, 4.69) is 5.32 Å². The molecular formula is C20H29N3O3. The minimum absolute atomic E-state index is 0.0167. The first kappa shape index (κ1) is 19.9. The summed E-state index contributed by atoms with van der Waals surface area (Å²) in [5, 5.41) is 2.68. The van der Waals surface area contributed by atoms with Gasteiger partial charge in [-0.05, 0) is 38.3 Å². The van der Waals surface area contributed by atoms with E-state index in [1.807, 2.05) is 46.8 Å². The third kappa shape index (κ3) is 3.59. The molecule has 0 aliphatic carbocycles. The lowest BCUT2D eigenvalue weighted by Crippen LogP contribution is -2.45. The molecule has 4 amide bonds. The van der Waals surface area contributed by atoms with E-state index in [9.17, 15) is 14.4 Å². The highest BCUT2D eigenvalue weighted by molar-refractivity contribution is 6.12. The number of hydrogen-bond donors (Lipinski definition) is 1. The largest absolute Gasteiger partial charge is 0.338 e. The molecule has 0 aromatic heterocycles. The Hall–Kier alpha value is -2.37. The van der Waals surface area contributed by atoms with E-state index in [4.69, 9.17) is 0 Å². The summed E-state index contributed by atoms with van der Waals surface area (Å²) in [6, 6.07) is 3.45. The van der Waals surface area contributed by atoms with E-state index in [-0.39, 0.29) is 18.4 Å². The van der Waals surface area contributed by atoms with Gasteiger partial charge in [0.1, 0.15) is 0 Å². The Kier molecular flexibility index (Phi) is 5.74. The molecule has 1 aliphatic rings. The molecule has 0 bridgehead atoms. The molecular weight excluding hydrogens is 330 g/mol. The summed E-state index contributed by atoms with van der Waals surface area (Å²) in [5.41, 5.74) is 2.31. The zero-order valence-electron chi connectivity index (χ0n) is 16.6. The van der Waals surface area contributed by atoms with Crippen LogP contribution in [0.2, 0.25) is 0 Å². The second-order valence-electron chi connectivity index (χ2n) is 7.61. The van der Waals surface area contributed by atoms with Crippen LogP contribution < -0.4 is 10.2 Å². The fraction of sp³-hybridized carbons (Fsp3) is 0.550. The lowest BCUT2D eigenvalue weighted by Gasteiger charge is -2.29. The van der Waals surface area contributed by atoms with Gasteiger partial charge in [-0.2, -0.15) is 0 Å². The van der Waals surface area contributed by atoms with Crippen LogP contribution in [0.3, 0.4) is 0 Å². The van der Waals surface area contributed by atoms with Gasteiger partial charge >= 0.3 is 6.03 Å². The maximum atomic E-state index is 13.2. The van der Waals surface area contributed by atoms with Gasteiger partial charge in [0.05, 0.1) is 11.3 Å². The number of rotatable bonds is 3. The monoisotopic (exact) mass is 359 g/mol.